The van der Waals surface area contributed by atoms with E-state index in [0.717, 1.165) is 59.8 Å². The second kappa shape index (κ2) is 7.78. The molecule has 0 radical (unpaired) electrons. The molecule has 6 rings (SSSR count). The molecule has 31 heavy (non-hydrogen) atoms. The summed E-state index contributed by atoms with van der Waals surface area (Å²) in [6, 6.07) is 0. The van der Waals surface area contributed by atoms with Gasteiger partial charge in [0.05, 0.1) is 8.07 Å². The van der Waals surface area contributed by atoms with Gasteiger partial charge in [0.15, 0.2) is 6.71 Å². The van der Waals surface area contributed by atoms with E-state index in [2.05, 4.69) is 81.1 Å². The first-order valence-electron chi connectivity index (χ1n) is 13.9. The second-order valence-corrected chi connectivity index (χ2v) is 20.1. The largest absolute Gasteiger partial charge is 0.172 e. The van der Waals surface area contributed by atoms with Crippen LogP contribution >= 0.6 is 0 Å². The lowest BCUT2D eigenvalue weighted by atomic mass is 9.21. The Morgan fingerprint density at radius 3 is 1.58 bits per heavy atom. The molecule has 4 bridgehead atoms. The highest BCUT2D eigenvalue weighted by Crippen LogP contribution is 2.70. The third kappa shape index (κ3) is 3.68. The summed E-state index contributed by atoms with van der Waals surface area (Å²) in [6.45, 7) is 29.4. The molecule has 2 heteroatoms. The van der Waals surface area contributed by atoms with Crippen LogP contribution in [0.5, 0.6) is 0 Å². The highest BCUT2D eigenvalue weighted by Gasteiger charge is 2.63. The summed E-state index contributed by atoms with van der Waals surface area (Å²) in [5, 5.41) is 1.98. The number of hydrogen-bond acceptors (Lipinski definition) is 0. The molecule has 6 aliphatic carbocycles. The van der Waals surface area contributed by atoms with Gasteiger partial charge in [-0.25, -0.2) is 0 Å². The quantitative estimate of drug-likeness (QED) is 0.361. The first kappa shape index (κ1) is 24.2. The van der Waals surface area contributed by atoms with Crippen molar-refractivity contribution in [1.29, 1.82) is 0 Å². The van der Waals surface area contributed by atoms with Crippen LogP contribution in [0.25, 0.3) is 0 Å². The van der Waals surface area contributed by atoms with Gasteiger partial charge in [0.2, 0.25) is 0 Å². The Hall–Kier alpha value is 0.0218. The molecule has 0 spiro atoms. The van der Waals surface area contributed by atoms with Crippen molar-refractivity contribution in [3.63, 3.8) is 0 Å². The maximum Gasteiger partial charge on any atom is 0.172 e. The average Bonchev–Trinajstić information content (AvgIpc) is 2.67. The molecule has 176 valence electrons. The third-order valence-electron chi connectivity index (χ3n) is 12.1. The highest BCUT2D eigenvalue weighted by atomic mass is 28.3. The normalized spacial score (nSPS) is 44.2. The Balaban J connectivity index is 1.74. The van der Waals surface area contributed by atoms with Crippen LogP contribution in [-0.4, -0.2) is 14.8 Å². The van der Waals surface area contributed by atoms with Crippen molar-refractivity contribution in [2.45, 2.75) is 119 Å². The minimum atomic E-state index is -1.38. The fourth-order valence-corrected chi connectivity index (χ4v) is 11.6. The van der Waals surface area contributed by atoms with Crippen molar-refractivity contribution in [1.82, 2.24) is 0 Å². The van der Waals surface area contributed by atoms with E-state index in [1.807, 2.05) is 5.10 Å². The fourth-order valence-electron chi connectivity index (χ4n) is 9.39. The summed E-state index contributed by atoms with van der Waals surface area (Å²) in [5.74, 6) is 8.32. The number of hydrogen-bond donors (Lipinski definition) is 0. The summed E-state index contributed by atoms with van der Waals surface area (Å²) in [7, 11) is -1.38. The Morgan fingerprint density at radius 2 is 1.29 bits per heavy atom. The van der Waals surface area contributed by atoms with Gasteiger partial charge < -0.3 is 0 Å². The SMILES string of the molecule is CCC(C)/C=C(/B([C@@H]1CC2CC([C@H]1C)C2(C)C)[C@@H]1CC2CC([C@H]1C)C2(C)C)[Si](C)(C)C. The van der Waals surface area contributed by atoms with E-state index in [0.29, 0.717) is 10.8 Å². The molecule has 5 unspecified atom stereocenters. The van der Waals surface area contributed by atoms with E-state index < -0.39 is 8.07 Å². The van der Waals surface area contributed by atoms with Crippen LogP contribution < -0.4 is 0 Å². The molecule has 0 aromatic carbocycles. The van der Waals surface area contributed by atoms with Crippen molar-refractivity contribution in [3.8, 4) is 0 Å². The maximum atomic E-state index is 2.83. The first-order chi connectivity index (χ1) is 14.2. The Bertz CT molecular complexity index is 671. The average molecular weight is 441 g/mol. The first-order valence-corrected chi connectivity index (χ1v) is 17.4. The molecule has 6 fully saturated rings. The summed E-state index contributed by atoms with van der Waals surface area (Å²) in [6.07, 6.45) is 10.2. The molecule has 0 aromatic heterocycles. The minimum absolute atomic E-state index is 0.600. The predicted molar refractivity (Wildman–Crippen MR) is 142 cm³/mol. The van der Waals surface area contributed by atoms with Crippen molar-refractivity contribution in [3.05, 3.63) is 11.2 Å². The van der Waals surface area contributed by atoms with Crippen LogP contribution in [0.3, 0.4) is 0 Å². The summed E-state index contributed by atoms with van der Waals surface area (Å²) < 4.78 is 0. The Kier molecular flexibility index (Phi) is 6.06. The van der Waals surface area contributed by atoms with Gasteiger partial charge in [0.1, 0.15) is 0 Å². The second-order valence-electron chi connectivity index (χ2n) is 15.0. The van der Waals surface area contributed by atoms with Gasteiger partial charge in [-0.1, -0.05) is 112 Å². The topological polar surface area (TPSA) is 0 Å². The van der Waals surface area contributed by atoms with Crippen LogP contribution in [-0.2, 0) is 0 Å². The molecule has 0 amide bonds. The van der Waals surface area contributed by atoms with E-state index >= 15 is 0 Å². The molecule has 0 saturated heterocycles. The molecule has 0 N–H and O–H groups in total. The van der Waals surface area contributed by atoms with Gasteiger partial charge in [0.25, 0.3) is 0 Å². The summed E-state index contributed by atoms with van der Waals surface area (Å²) >= 11 is 0. The number of rotatable bonds is 6. The molecule has 9 atom stereocenters. The van der Waals surface area contributed by atoms with E-state index in [-0.39, 0.29) is 0 Å². The molecule has 0 aromatic rings. The monoisotopic (exact) mass is 440 g/mol. The smallest absolute Gasteiger partial charge is 0.114 e. The molecule has 0 aliphatic heterocycles. The third-order valence-corrected chi connectivity index (χ3v) is 14.3. The van der Waals surface area contributed by atoms with E-state index in [9.17, 15) is 0 Å². The lowest BCUT2D eigenvalue weighted by Crippen LogP contribution is -2.61. The predicted octanol–water partition coefficient (Wildman–Crippen LogP) is 9.01. The van der Waals surface area contributed by atoms with E-state index in [1.54, 1.807) is 0 Å². The number of fused-ring (bicyclic) bond motifs is 4. The molecular weight excluding hydrogens is 387 g/mol. The summed E-state index contributed by atoms with van der Waals surface area (Å²) in [5.41, 5.74) is 1.20. The van der Waals surface area contributed by atoms with Crippen molar-refractivity contribution >= 4 is 14.8 Å². The highest BCUT2D eigenvalue weighted by molar-refractivity contribution is 6.99. The Morgan fingerprint density at radius 1 is 0.871 bits per heavy atom. The number of allylic oxidation sites excluding steroid dienone is 1. The van der Waals surface area contributed by atoms with Gasteiger partial charge in [-0.2, -0.15) is 0 Å². The van der Waals surface area contributed by atoms with E-state index in [4.69, 9.17) is 0 Å². The van der Waals surface area contributed by atoms with Crippen molar-refractivity contribution in [2.24, 2.45) is 52.3 Å². The van der Waals surface area contributed by atoms with Gasteiger partial charge in [-0.3, -0.25) is 0 Å². The molecule has 0 nitrogen and oxygen atoms in total. The lowest BCUT2D eigenvalue weighted by molar-refractivity contribution is -0.107. The van der Waals surface area contributed by atoms with E-state index in [1.165, 1.54) is 32.1 Å². The molecule has 6 saturated carbocycles. The van der Waals surface area contributed by atoms with Crippen LogP contribution in [0.15, 0.2) is 11.2 Å². The lowest BCUT2D eigenvalue weighted by Gasteiger charge is -2.67. The fraction of sp³-hybridized carbons (Fsp3) is 0.931. The molecule has 0 heterocycles. The van der Waals surface area contributed by atoms with Crippen molar-refractivity contribution < 1.29 is 0 Å². The maximum absolute atomic E-state index is 2.83. The van der Waals surface area contributed by atoms with Crippen LogP contribution in [0.1, 0.15) is 87.5 Å². The zero-order valence-electron chi connectivity index (χ0n) is 22.9. The molecule has 6 aliphatic rings. The summed E-state index contributed by atoms with van der Waals surface area (Å²) in [4.78, 5) is 0. The van der Waals surface area contributed by atoms with Gasteiger partial charge in [-0.05, 0) is 65.1 Å². The standard InChI is InChI=1S/C29H53BSi/c1-12-18(2)13-27(31(9,10)11)30(25-16-21-14-23(19(25)3)28(21,5)6)26-17-22-15-24(20(26)4)29(22,7)8/h13,18-26H,12,14-17H2,1-11H3/b27-13-/t18?,19-,20-,21?,22?,23?,24?,25-,26-/m1/s1. The van der Waals surface area contributed by atoms with Gasteiger partial charge in [-0.15, -0.1) is 5.10 Å². The Labute approximate surface area is 196 Å². The van der Waals surface area contributed by atoms with Gasteiger partial charge >= 0.3 is 0 Å². The zero-order valence-corrected chi connectivity index (χ0v) is 23.9. The molecular formula is C29H53BSi. The van der Waals surface area contributed by atoms with Crippen LogP contribution in [0.4, 0.5) is 0 Å². The van der Waals surface area contributed by atoms with Gasteiger partial charge in [0, 0.05) is 0 Å². The zero-order chi connectivity index (χ0) is 23.1. The van der Waals surface area contributed by atoms with Crippen molar-refractivity contribution in [2.75, 3.05) is 0 Å². The minimum Gasteiger partial charge on any atom is -0.114 e. The van der Waals surface area contributed by atoms with Crippen LogP contribution in [0.2, 0.25) is 31.3 Å². The van der Waals surface area contributed by atoms with Crippen LogP contribution in [0, 0.1) is 52.3 Å².